The van der Waals surface area contributed by atoms with Gasteiger partial charge in [0, 0.05) is 24.8 Å². The van der Waals surface area contributed by atoms with E-state index < -0.39 is 61.3 Å². The van der Waals surface area contributed by atoms with Crippen molar-refractivity contribution in [3.63, 3.8) is 0 Å². The Balaban J connectivity index is 1.75. The largest absolute Gasteiger partial charge is 0.461 e. The highest BCUT2D eigenvalue weighted by Gasteiger charge is 2.57. The van der Waals surface area contributed by atoms with E-state index in [0.29, 0.717) is 6.42 Å². The van der Waals surface area contributed by atoms with Gasteiger partial charge in [-0.2, -0.15) is 0 Å². The van der Waals surface area contributed by atoms with Crippen molar-refractivity contribution >= 4 is 23.9 Å². The summed E-state index contributed by atoms with van der Waals surface area (Å²) in [6.45, 7) is 11.4. The quantitative estimate of drug-likeness (QED) is 0.210. The third-order valence-electron chi connectivity index (χ3n) is 7.46. The van der Waals surface area contributed by atoms with Crippen LogP contribution in [0.4, 0.5) is 0 Å². The van der Waals surface area contributed by atoms with E-state index in [1.807, 2.05) is 6.92 Å². The average molecular weight is 519 g/mol. The van der Waals surface area contributed by atoms with Gasteiger partial charge in [-0.25, -0.2) is 14.4 Å². The second-order valence-electron chi connectivity index (χ2n) is 9.66. The van der Waals surface area contributed by atoms with Gasteiger partial charge in [0.1, 0.15) is 25.4 Å². The molecule has 3 aliphatic rings. The number of ether oxygens (including phenoxy) is 4. The van der Waals surface area contributed by atoms with Crippen molar-refractivity contribution in [2.24, 2.45) is 23.7 Å². The summed E-state index contributed by atoms with van der Waals surface area (Å²) in [5, 5.41) is 19.9. The first-order valence-corrected chi connectivity index (χ1v) is 12.2. The fraction of sp³-hybridized carbons (Fsp3) is 0.556. The number of hydrogen-bond donors (Lipinski definition) is 2. The highest BCUT2D eigenvalue weighted by molar-refractivity contribution is 5.93. The van der Waals surface area contributed by atoms with Gasteiger partial charge in [0.15, 0.2) is 0 Å². The number of carbonyl (C=O) groups excluding carboxylic acids is 4. The smallest absolute Gasteiger partial charge is 0.337 e. The Bertz CT molecular complexity index is 1040. The van der Waals surface area contributed by atoms with Gasteiger partial charge in [-0.3, -0.25) is 4.79 Å². The van der Waals surface area contributed by atoms with Gasteiger partial charge < -0.3 is 29.2 Å². The van der Waals surface area contributed by atoms with Crippen LogP contribution in [-0.2, 0) is 38.1 Å². The lowest BCUT2D eigenvalue weighted by atomic mass is 9.79. The van der Waals surface area contributed by atoms with Crippen molar-refractivity contribution in [1.82, 2.24) is 0 Å². The summed E-state index contributed by atoms with van der Waals surface area (Å²) < 4.78 is 21.5. The average Bonchev–Trinajstić information content (AvgIpc) is 3.26. The molecule has 2 saturated carbocycles. The van der Waals surface area contributed by atoms with E-state index in [1.54, 1.807) is 6.92 Å². The number of fused-ring (bicyclic) bond motifs is 3. The van der Waals surface area contributed by atoms with Crippen LogP contribution in [0.5, 0.6) is 0 Å². The van der Waals surface area contributed by atoms with Crippen LogP contribution in [0.3, 0.4) is 0 Å². The minimum absolute atomic E-state index is 0.0792. The molecule has 1 aliphatic heterocycles. The Labute approximate surface area is 215 Å². The van der Waals surface area contributed by atoms with E-state index in [4.69, 9.17) is 18.9 Å². The van der Waals surface area contributed by atoms with Crippen molar-refractivity contribution in [2.75, 3.05) is 19.8 Å². The molecule has 2 aliphatic carbocycles. The molecule has 0 radical (unpaired) electrons. The van der Waals surface area contributed by atoms with Gasteiger partial charge in [-0.1, -0.05) is 31.7 Å². The zero-order valence-corrected chi connectivity index (χ0v) is 21.3. The highest BCUT2D eigenvalue weighted by atomic mass is 16.6. The molecule has 7 atom stereocenters. The molecule has 3 rings (SSSR count). The molecule has 0 spiro atoms. The van der Waals surface area contributed by atoms with Gasteiger partial charge >= 0.3 is 23.9 Å². The zero-order chi connectivity index (χ0) is 27.4. The molecule has 37 heavy (non-hydrogen) atoms. The monoisotopic (exact) mass is 518 g/mol. The third kappa shape index (κ3) is 6.02. The third-order valence-corrected chi connectivity index (χ3v) is 7.46. The van der Waals surface area contributed by atoms with Gasteiger partial charge in [0.25, 0.3) is 0 Å². The summed E-state index contributed by atoms with van der Waals surface area (Å²) >= 11 is 0. The van der Waals surface area contributed by atoms with Crippen LogP contribution in [0.15, 0.2) is 47.6 Å². The fourth-order valence-electron chi connectivity index (χ4n) is 5.43. The first-order chi connectivity index (χ1) is 17.5. The maximum Gasteiger partial charge on any atom is 0.337 e. The molecule has 1 heterocycles. The normalized spacial score (nSPS) is 31.7. The number of aliphatic hydroxyl groups excluding tert-OH is 2. The van der Waals surface area contributed by atoms with Crippen LogP contribution in [0, 0.1) is 23.7 Å². The lowest BCUT2D eigenvalue weighted by Crippen LogP contribution is -2.38. The summed E-state index contributed by atoms with van der Waals surface area (Å²) in [6, 6.07) is 0. The van der Waals surface area contributed by atoms with Gasteiger partial charge in [-0.05, 0) is 31.3 Å². The Hall–Kier alpha value is -3.24. The minimum Gasteiger partial charge on any atom is -0.461 e. The van der Waals surface area contributed by atoms with Crippen molar-refractivity contribution in [3.05, 3.63) is 47.6 Å². The topological polar surface area (TPSA) is 146 Å². The number of esters is 4. The molecule has 10 nitrogen and oxygen atoms in total. The van der Waals surface area contributed by atoms with Crippen LogP contribution in [0.25, 0.3) is 0 Å². The standard InChI is InChI=1S/C27H34O10/c1-6-17(11-34-16(5)29)26(32)35-12-18(7-8-28)27(33)36-21-9-13(2)19-10-20(30)14(3)22(19)24-23(21)15(4)25(31)37-24/h6-7,14,19-24,28,30H,2,4,8-12H2,1,3,5H3. The summed E-state index contributed by atoms with van der Waals surface area (Å²) in [4.78, 5) is 49.0. The number of allylic oxidation sites excluding steroid dienone is 1. The summed E-state index contributed by atoms with van der Waals surface area (Å²) in [5.41, 5.74) is 0.944. The molecular formula is C27H34O10. The second-order valence-corrected chi connectivity index (χ2v) is 9.66. The number of aliphatic hydroxyl groups is 2. The summed E-state index contributed by atoms with van der Waals surface area (Å²) in [6.07, 6.45) is 1.29. The van der Waals surface area contributed by atoms with Crippen LogP contribution in [0.2, 0.25) is 0 Å². The maximum absolute atomic E-state index is 13.1. The summed E-state index contributed by atoms with van der Waals surface area (Å²) in [7, 11) is 0. The molecule has 0 aromatic carbocycles. The van der Waals surface area contributed by atoms with E-state index in [2.05, 4.69) is 13.2 Å². The molecule has 0 aromatic heterocycles. The van der Waals surface area contributed by atoms with Crippen LogP contribution in [-0.4, -0.2) is 72.2 Å². The molecule has 202 valence electrons. The Morgan fingerprint density at radius 2 is 1.81 bits per heavy atom. The molecule has 10 heteroatoms. The maximum atomic E-state index is 13.1. The van der Waals surface area contributed by atoms with E-state index in [-0.39, 0.29) is 47.5 Å². The fourth-order valence-corrected chi connectivity index (χ4v) is 5.43. The van der Waals surface area contributed by atoms with Crippen LogP contribution < -0.4 is 0 Å². The molecule has 2 N–H and O–H groups in total. The first-order valence-electron chi connectivity index (χ1n) is 12.2. The zero-order valence-electron chi connectivity index (χ0n) is 21.3. The predicted molar refractivity (Wildman–Crippen MR) is 129 cm³/mol. The van der Waals surface area contributed by atoms with E-state index in [1.165, 1.54) is 13.0 Å². The van der Waals surface area contributed by atoms with Crippen molar-refractivity contribution in [2.45, 2.75) is 51.9 Å². The van der Waals surface area contributed by atoms with E-state index in [0.717, 1.165) is 11.6 Å². The SMILES string of the molecule is C=C1CC(OC(=O)C(=CCO)COC(=O)C(=CC)COC(C)=O)C2C(=C)C(=O)OC2C2C1CC(O)C2C. The number of carbonyl (C=O) groups is 4. The van der Waals surface area contributed by atoms with Crippen LogP contribution >= 0.6 is 0 Å². The highest BCUT2D eigenvalue weighted by Crippen LogP contribution is 2.53. The van der Waals surface area contributed by atoms with Crippen molar-refractivity contribution in [1.29, 1.82) is 0 Å². The van der Waals surface area contributed by atoms with E-state index >= 15 is 0 Å². The lowest BCUT2D eigenvalue weighted by Gasteiger charge is -2.30. The lowest BCUT2D eigenvalue weighted by molar-refractivity contribution is -0.150. The Morgan fingerprint density at radius 3 is 2.43 bits per heavy atom. The number of hydrogen-bond acceptors (Lipinski definition) is 10. The van der Waals surface area contributed by atoms with Gasteiger partial charge in [0.05, 0.1) is 29.8 Å². The predicted octanol–water partition coefficient (Wildman–Crippen LogP) is 1.56. The number of rotatable bonds is 8. The van der Waals surface area contributed by atoms with Gasteiger partial charge in [-0.15, -0.1) is 0 Å². The Morgan fingerprint density at radius 1 is 1.14 bits per heavy atom. The molecule has 7 unspecified atom stereocenters. The van der Waals surface area contributed by atoms with Crippen molar-refractivity contribution < 1.29 is 48.3 Å². The second kappa shape index (κ2) is 11.9. The first kappa shape index (κ1) is 28.3. The summed E-state index contributed by atoms with van der Waals surface area (Å²) in [5.74, 6) is -3.85. The molecule has 0 bridgehead atoms. The van der Waals surface area contributed by atoms with E-state index in [9.17, 15) is 29.4 Å². The molecule has 1 saturated heterocycles. The molecular weight excluding hydrogens is 484 g/mol. The molecule has 0 aromatic rings. The van der Waals surface area contributed by atoms with Crippen molar-refractivity contribution in [3.8, 4) is 0 Å². The molecule has 0 amide bonds. The van der Waals surface area contributed by atoms with Crippen LogP contribution in [0.1, 0.15) is 33.6 Å². The Kier molecular flexibility index (Phi) is 9.09. The van der Waals surface area contributed by atoms with Gasteiger partial charge in [0.2, 0.25) is 0 Å². The minimum atomic E-state index is -0.840. The molecule has 3 fully saturated rings.